The molecule has 106 valence electrons. The van der Waals surface area contributed by atoms with Crippen LogP contribution in [0.3, 0.4) is 0 Å². The lowest BCUT2D eigenvalue weighted by Gasteiger charge is -2.03. The minimum Gasteiger partial charge on any atom is -0.461 e. The Morgan fingerprint density at radius 3 is 2.65 bits per heavy atom. The molecule has 0 atom stereocenters. The van der Waals surface area contributed by atoms with E-state index in [9.17, 15) is 4.79 Å². The van der Waals surface area contributed by atoms with Gasteiger partial charge in [0.1, 0.15) is 0 Å². The van der Waals surface area contributed by atoms with E-state index in [1.54, 1.807) is 18.3 Å². The van der Waals surface area contributed by atoms with Gasteiger partial charge < -0.3 is 4.74 Å². The van der Waals surface area contributed by atoms with Gasteiger partial charge in [0.25, 0.3) is 0 Å². The van der Waals surface area contributed by atoms with E-state index >= 15 is 0 Å². The van der Waals surface area contributed by atoms with Crippen LogP contribution in [0.2, 0.25) is 0 Å². The lowest BCUT2D eigenvalue weighted by molar-refractivity contribution is 0.0519. The number of esters is 1. The summed E-state index contributed by atoms with van der Waals surface area (Å²) in [4.78, 5) is 17.1. The number of aromatic nitrogens is 1. The van der Waals surface area contributed by atoms with Gasteiger partial charge >= 0.3 is 5.97 Å². The molecule has 0 saturated carbocycles. The van der Waals surface area contributed by atoms with Crippen molar-refractivity contribution in [1.29, 1.82) is 0 Å². The Morgan fingerprint density at radius 2 is 2.00 bits per heavy atom. The number of hydrogen-bond donors (Lipinski definition) is 0. The Labute approximate surface area is 123 Å². The fourth-order valence-corrected chi connectivity index (χ4v) is 2.96. The molecule has 1 aromatic carbocycles. The Balaban J connectivity index is 2.20. The molecule has 0 spiro atoms. The fourth-order valence-electron chi connectivity index (χ4n) is 2.00. The monoisotopic (exact) mass is 289 g/mol. The highest BCUT2D eigenvalue weighted by Crippen LogP contribution is 2.22. The maximum Gasteiger partial charge on any atom is 0.358 e. The molecule has 0 unspecified atom stereocenters. The van der Waals surface area contributed by atoms with E-state index in [1.807, 2.05) is 6.92 Å². The molecule has 3 nitrogen and oxygen atoms in total. The third-order valence-corrected chi connectivity index (χ3v) is 4.21. The molecule has 0 bridgehead atoms. The molecule has 0 amide bonds. The standard InChI is InChI=1S/C16H19NO2S/c1-5-19-16(18)15-12(4)20-14(17-15)9-13-7-6-10(2)11(3)8-13/h6-8H,5,9H2,1-4H3. The second-order valence-electron chi connectivity index (χ2n) is 4.83. The maximum absolute atomic E-state index is 11.8. The highest BCUT2D eigenvalue weighted by atomic mass is 32.1. The van der Waals surface area contributed by atoms with Crippen molar-refractivity contribution in [2.45, 2.75) is 34.1 Å². The smallest absolute Gasteiger partial charge is 0.358 e. The summed E-state index contributed by atoms with van der Waals surface area (Å²) in [6.07, 6.45) is 0.756. The SMILES string of the molecule is CCOC(=O)c1nc(Cc2ccc(C)c(C)c2)sc1C. The van der Waals surface area contributed by atoms with Crippen LogP contribution in [0.5, 0.6) is 0 Å². The van der Waals surface area contributed by atoms with Gasteiger partial charge in [0.2, 0.25) is 0 Å². The summed E-state index contributed by atoms with van der Waals surface area (Å²) < 4.78 is 5.01. The Hall–Kier alpha value is -1.68. The van der Waals surface area contributed by atoms with Crippen LogP contribution in [0.1, 0.15) is 44.0 Å². The van der Waals surface area contributed by atoms with Gasteiger partial charge in [-0.05, 0) is 44.4 Å². The zero-order valence-electron chi connectivity index (χ0n) is 12.3. The van der Waals surface area contributed by atoms with Crippen molar-refractivity contribution in [3.63, 3.8) is 0 Å². The fraction of sp³-hybridized carbons (Fsp3) is 0.375. The summed E-state index contributed by atoms with van der Waals surface area (Å²) in [7, 11) is 0. The average molecular weight is 289 g/mol. The second kappa shape index (κ2) is 6.18. The van der Waals surface area contributed by atoms with Crippen molar-refractivity contribution in [3.8, 4) is 0 Å². The number of thiazole rings is 1. The molecule has 0 radical (unpaired) electrons. The number of carbonyl (C=O) groups excluding carboxylic acids is 1. The zero-order chi connectivity index (χ0) is 14.7. The van der Waals surface area contributed by atoms with E-state index in [0.717, 1.165) is 16.3 Å². The summed E-state index contributed by atoms with van der Waals surface area (Å²) in [5, 5.41) is 0.953. The highest BCUT2D eigenvalue weighted by molar-refractivity contribution is 7.11. The van der Waals surface area contributed by atoms with Gasteiger partial charge in [0.15, 0.2) is 5.69 Å². The van der Waals surface area contributed by atoms with E-state index in [4.69, 9.17) is 4.74 Å². The summed E-state index contributed by atoms with van der Waals surface area (Å²) in [5.74, 6) is -0.326. The van der Waals surface area contributed by atoms with E-state index in [2.05, 4.69) is 37.0 Å². The predicted molar refractivity (Wildman–Crippen MR) is 81.5 cm³/mol. The molecular formula is C16H19NO2S. The van der Waals surface area contributed by atoms with E-state index < -0.39 is 0 Å². The number of nitrogens with zero attached hydrogens (tertiary/aromatic N) is 1. The molecule has 4 heteroatoms. The van der Waals surface area contributed by atoms with E-state index in [1.165, 1.54) is 16.7 Å². The lowest BCUT2D eigenvalue weighted by Crippen LogP contribution is -2.06. The first kappa shape index (κ1) is 14.7. The first-order valence-corrected chi connectivity index (χ1v) is 7.52. The van der Waals surface area contributed by atoms with Crippen molar-refractivity contribution >= 4 is 17.3 Å². The Kier molecular flexibility index (Phi) is 4.55. The zero-order valence-corrected chi connectivity index (χ0v) is 13.1. The van der Waals surface area contributed by atoms with E-state index in [-0.39, 0.29) is 5.97 Å². The molecule has 2 rings (SSSR count). The largest absolute Gasteiger partial charge is 0.461 e. The second-order valence-corrected chi connectivity index (χ2v) is 6.12. The average Bonchev–Trinajstić information content (AvgIpc) is 2.75. The summed E-state index contributed by atoms with van der Waals surface area (Å²) in [5.41, 5.74) is 4.24. The van der Waals surface area contributed by atoms with Gasteiger partial charge in [0.05, 0.1) is 11.6 Å². The third-order valence-electron chi connectivity index (χ3n) is 3.24. The minimum atomic E-state index is -0.326. The van der Waals surface area contributed by atoms with E-state index in [0.29, 0.717) is 12.3 Å². The van der Waals surface area contributed by atoms with Crippen LogP contribution in [-0.4, -0.2) is 17.6 Å². The number of rotatable bonds is 4. The topological polar surface area (TPSA) is 39.2 Å². The molecule has 0 N–H and O–H groups in total. The molecule has 1 heterocycles. The maximum atomic E-state index is 11.8. The van der Waals surface area contributed by atoms with Crippen LogP contribution in [0.4, 0.5) is 0 Å². The molecule has 0 aliphatic heterocycles. The van der Waals surface area contributed by atoms with Crippen molar-refractivity contribution in [2.24, 2.45) is 0 Å². The van der Waals surface area contributed by atoms with Gasteiger partial charge in [-0.2, -0.15) is 0 Å². The summed E-state index contributed by atoms with van der Waals surface area (Å²) in [6, 6.07) is 6.41. The first-order chi connectivity index (χ1) is 9.51. The molecule has 0 aliphatic carbocycles. The van der Waals surface area contributed by atoms with Gasteiger partial charge in [-0.25, -0.2) is 9.78 Å². The molecule has 1 aromatic heterocycles. The van der Waals surface area contributed by atoms with Gasteiger partial charge in [-0.15, -0.1) is 11.3 Å². The van der Waals surface area contributed by atoms with Crippen LogP contribution in [0.15, 0.2) is 18.2 Å². The van der Waals surface area contributed by atoms with Crippen LogP contribution >= 0.6 is 11.3 Å². The lowest BCUT2D eigenvalue weighted by atomic mass is 10.0. The third kappa shape index (κ3) is 3.25. The predicted octanol–water partition coefficient (Wildman–Crippen LogP) is 3.84. The van der Waals surface area contributed by atoms with Crippen LogP contribution in [0, 0.1) is 20.8 Å². The number of carbonyl (C=O) groups is 1. The Morgan fingerprint density at radius 1 is 1.25 bits per heavy atom. The molecule has 0 fully saturated rings. The van der Waals surface area contributed by atoms with Crippen molar-refractivity contribution in [1.82, 2.24) is 4.98 Å². The number of benzene rings is 1. The van der Waals surface area contributed by atoms with Gasteiger partial charge in [-0.3, -0.25) is 0 Å². The summed E-state index contributed by atoms with van der Waals surface area (Å²) >= 11 is 1.56. The molecule has 2 aromatic rings. The van der Waals surface area contributed by atoms with Gasteiger partial charge in [-0.1, -0.05) is 18.2 Å². The molecular weight excluding hydrogens is 270 g/mol. The minimum absolute atomic E-state index is 0.326. The number of ether oxygens (including phenoxy) is 1. The number of hydrogen-bond acceptors (Lipinski definition) is 4. The number of aryl methyl sites for hydroxylation is 3. The highest BCUT2D eigenvalue weighted by Gasteiger charge is 2.16. The Bertz CT molecular complexity index is 631. The summed E-state index contributed by atoms with van der Waals surface area (Å²) in [6.45, 7) is 8.30. The first-order valence-electron chi connectivity index (χ1n) is 6.70. The van der Waals surface area contributed by atoms with Crippen molar-refractivity contribution in [3.05, 3.63) is 50.5 Å². The van der Waals surface area contributed by atoms with Gasteiger partial charge in [0, 0.05) is 11.3 Å². The van der Waals surface area contributed by atoms with Crippen LogP contribution in [-0.2, 0) is 11.2 Å². The molecule has 0 aliphatic rings. The normalized spacial score (nSPS) is 10.6. The molecule has 20 heavy (non-hydrogen) atoms. The van der Waals surface area contributed by atoms with Crippen LogP contribution < -0.4 is 0 Å². The molecule has 0 saturated heterocycles. The van der Waals surface area contributed by atoms with Crippen molar-refractivity contribution < 1.29 is 9.53 Å². The quantitative estimate of drug-likeness (QED) is 0.803. The van der Waals surface area contributed by atoms with Crippen molar-refractivity contribution in [2.75, 3.05) is 6.61 Å². The van der Waals surface area contributed by atoms with Crippen LogP contribution in [0.25, 0.3) is 0 Å².